The molecule has 0 heterocycles. The molecule has 33 heavy (non-hydrogen) atoms. The van der Waals surface area contributed by atoms with Crippen LogP contribution in [0.1, 0.15) is 13.8 Å². The zero-order valence-corrected chi connectivity index (χ0v) is 19.4. The highest BCUT2D eigenvalue weighted by Gasteiger charge is 2.17. The third-order valence-electron chi connectivity index (χ3n) is 4.98. The van der Waals surface area contributed by atoms with Crippen molar-refractivity contribution in [2.45, 2.75) is 13.8 Å². The molecule has 3 rings (SSSR count). The van der Waals surface area contributed by atoms with E-state index in [1.165, 1.54) is 0 Å². The van der Waals surface area contributed by atoms with Gasteiger partial charge in [-0.05, 0) is 66.9 Å². The standard InChI is InChI=1S/C28H28O5/c1-6-7-16-32-26-18-22(20-8-12-23(30-4)13-9-20)17-25(31-5)27(26)21-10-14-24(15-11-21)33-28(29)19(2)3/h6-15,17-18H,2,16H2,1,3-5H3/b7-6+. The molecule has 5 nitrogen and oxygen atoms in total. The number of rotatable bonds is 9. The van der Waals surface area contributed by atoms with Gasteiger partial charge in [-0.1, -0.05) is 43.0 Å². The van der Waals surface area contributed by atoms with Crippen molar-refractivity contribution in [3.05, 3.63) is 85.0 Å². The Bertz CT molecular complexity index is 1140. The van der Waals surface area contributed by atoms with Crippen LogP contribution in [0.15, 0.2) is 85.0 Å². The second-order valence-corrected chi connectivity index (χ2v) is 7.35. The Morgan fingerprint density at radius 2 is 1.45 bits per heavy atom. The van der Waals surface area contributed by atoms with E-state index in [1.54, 1.807) is 33.3 Å². The predicted octanol–water partition coefficient (Wildman–Crippen LogP) is 6.47. The first kappa shape index (κ1) is 23.7. The van der Waals surface area contributed by atoms with E-state index in [0.29, 0.717) is 29.4 Å². The Hall–Kier alpha value is -3.99. The monoisotopic (exact) mass is 444 g/mol. The van der Waals surface area contributed by atoms with Crippen molar-refractivity contribution in [2.24, 2.45) is 0 Å². The average molecular weight is 445 g/mol. The molecule has 0 N–H and O–H groups in total. The van der Waals surface area contributed by atoms with Crippen LogP contribution < -0.4 is 18.9 Å². The summed E-state index contributed by atoms with van der Waals surface area (Å²) in [6.45, 7) is 7.59. The zero-order valence-electron chi connectivity index (χ0n) is 19.4. The van der Waals surface area contributed by atoms with E-state index < -0.39 is 5.97 Å². The van der Waals surface area contributed by atoms with E-state index in [2.05, 4.69) is 6.58 Å². The average Bonchev–Trinajstić information content (AvgIpc) is 2.84. The number of methoxy groups -OCH3 is 2. The Kier molecular flexibility index (Phi) is 7.92. The molecule has 170 valence electrons. The van der Waals surface area contributed by atoms with Crippen LogP contribution in [-0.2, 0) is 4.79 Å². The van der Waals surface area contributed by atoms with Crippen molar-refractivity contribution in [1.82, 2.24) is 0 Å². The molecular weight excluding hydrogens is 416 g/mol. The van der Waals surface area contributed by atoms with Crippen molar-refractivity contribution in [3.63, 3.8) is 0 Å². The third kappa shape index (κ3) is 5.83. The van der Waals surface area contributed by atoms with Crippen LogP contribution in [0, 0.1) is 0 Å². The Labute approximate surface area is 194 Å². The summed E-state index contributed by atoms with van der Waals surface area (Å²) in [6, 6.07) is 19.0. The van der Waals surface area contributed by atoms with Gasteiger partial charge in [-0.15, -0.1) is 0 Å². The fourth-order valence-electron chi connectivity index (χ4n) is 3.22. The smallest absolute Gasteiger partial charge is 0.338 e. The second kappa shape index (κ2) is 11.0. The summed E-state index contributed by atoms with van der Waals surface area (Å²) in [6.07, 6.45) is 3.88. The molecular formula is C28H28O5. The van der Waals surface area contributed by atoms with Gasteiger partial charge >= 0.3 is 5.97 Å². The first-order valence-electron chi connectivity index (χ1n) is 10.5. The predicted molar refractivity (Wildman–Crippen MR) is 131 cm³/mol. The van der Waals surface area contributed by atoms with Gasteiger partial charge in [0.25, 0.3) is 0 Å². The van der Waals surface area contributed by atoms with Crippen LogP contribution in [0.25, 0.3) is 22.3 Å². The lowest BCUT2D eigenvalue weighted by atomic mass is 9.97. The highest BCUT2D eigenvalue weighted by atomic mass is 16.5. The van der Waals surface area contributed by atoms with Crippen molar-refractivity contribution < 1.29 is 23.7 Å². The first-order valence-corrected chi connectivity index (χ1v) is 10.5. The highest BCUT2D eigenvalue weighted by Crippen LogP contribution is 2.43. The maximum absolute atomic E-state index is 11.8. The van der Waals surface area contributed by atoms with Crippen molar-refractivity contribution in [3.8, 4) is 45.3 Å². The van der Waals surface area contributed by atoms with E-state index in [9.17, 15) is 4.79 Å². The maximum atomic E-state index is 11.8. The van der Waals surface area contributed by atoms with E-state index in [0.717, 1.165) is 28.0 Å². The second-order valence-electron chi connectivity index (χ2n) is 7.35. The minimum Gasteiger partial charge on any atom is -0.497 e. The number of hydrogen-bond acceptors (Lipinski definition) is 5. The molecule has 0 unspecified atom stereocenters. The van der Waals surface area contributed by atoms with Crippen LogP contribution in [0.3, 0.4) is 0 Å². The summed E-state index contributed by atoms with van der Waals surface area (Å²) in [5.41, 5.74) is 4.00. The van der Waals surface area contributed by atoms with E-state index in [1.807, 2.05) is 67.6 Å². The molecule has 0 aliphatic carbocycles. The van der Waals surface area contributed by atoms with Gasteiger partial charge in [0.1, 0.15) is 29.6 Å². The summed E-state index contributed by atoms with van der Waals surface area (Å²) < 4.78 is 22.5. The number of hydrogen-bond donors (Lipinski definition) is 0. The fourth-order valence-corrected chi connectivity index (χ4v) is 3.22. The number of ether oxygens (including phenoxy) is 4. The normalized spacial score (nSPS) is 10.7. The largest absolute Gasteiger partial charge is 0.497 e. The summed E-state index contributed by atoms with van der Waals surface area (Å²) in [5, 5.41) is 0. The van der Waals surface area contributed by atoms with Gasteiger partial charge in [-0.3, -0.25) is 0 Å². The minimum absolute atomic E-state index is 0.342. The maximum Gasteiger partial charge on any atom is 0.338 e. The van der Waals surface area contributed by atoms with Crippen molar-refractivity contribution >= 4 is 5.97 Å². The molecule has 0 amide bonds. The number of esters is 1. The van der Waals surface area contributed by atoms with E-state index >= 15 is 0 Å². The molecule has 5 heteroatoms. The van der Waals surface area contributed by atoms with Crippen LogP contribution in [-0.4, -0.2) is 26.8 Å². The molecule has 3 aromatic carbocycles. The van der Waals surface area contributed by atoms with E-state index in [-0.39, 0.29) is 0 Å². The van der Waals surface area contributed by atoms with Gasteiger partial charge in [0.2, 0.25) is 0 Å². The lowest BCUT2D eigenvalue weighted by Crippen LogP contribution is -2.07. The van der Waals surface area contributed by atoms with Gasteiger partial charge in [0.05, 0.1) is 19.8 Å². The molecule has 0 bridgehead atoms. The van der Waals surface area contributed by atoms with Crippen LogP contribution in [0.4, 0.5) is 0 Å². The number of carbonyl (C=O) groups is 1. The van der Waals surface area contributed by atoms with Crippen LogP contribution in [0.2, 0.25) is 0 Å². The Balaban J connectivity index is 2.04. The number of allylic oxidation sites excluding steroid dienone is 1. The number of benzene rings is 3. The summed E-state index contributed by atoms with van der Waals surface area (Å²) >= 11 is 0. The lowest BCUT2D eigenvalue weighted by Gasteiger charge is -2.17. The first-order chi connectivity index (χ1) is 16.0. The Morgan fingerprint density at radius 1 is 0.848 bits per heavy atom. The van der Waals surface area contributed by atoms with E-state index in [4.69, 9.17) is 18.9 Å². The molecule has 0 saturated heterocycles. The van der Waals surface area contributed by atoms with Gasteiger partial charge in [-0.2, -0.15) is 0 Å². The molecule has 0 fully saturated rings. The summed E-state index contributed by atoms with van der Waals surface area (Å²) in [7, 11) is 3.28. The topological polar surface area (TPSA) is 54.0 Å². The molecule has 0 aliphatic heterocycles. The van der Waals surface area contributed by atoms with Gasteiger partial charge in [0, 0.05) is 5.57 Å². The minimum atomic E-state index is -0.459. The van der Waals surface area contributed by atoms with Crippen LogP contribution in [0.5, 0.6) is 23.0 Å². The Morgan fingerprint density at radius 3 is 2.03 bits per heavy atom. The van der Waals surface area contributed by atoms with Crippen molar-refractivity contribution in [2.75, 3.05) is 20.8 Å². The fraction of sp³-hybridized carbons (Fsp3) is 0.179. The molecule has 3 aromatic rings. The van der Waals surface area contributed by atoms with Crippen LogP contribution >= 0.6 is 0 Å². The molecule has 0 saturated carbocycles. The zero-order chi connectivity index (χ0) is 23.8. The molecule has 0 atom stereocenters. The third-order valence-corrected chi connectivity index (χ3v) is 4.98. The highest BCUT2D eigenvalue weighted by molar-refractivity contribution is 5.89. The summed E-state index contributed by atoms with van der Waals surface area (Å²) in [4.78, 5) is 11.8. The van der Waals surface area contributed by atoms with Gasteiger partial charge in [-0.25, -0.2) is 4.79 Å². The summed E-state index contributed by atoms with van der Waals surface area (Å²) in [5.74, 6) is 2.13. The number of carbonyl (C=O) groups excluding carboxylic acids is 1. The van der Waals surface area contributed by atoms with Crippen molar-refractivity contribution in [1.29, 1.82) is 0 Å². The quantitative estimate of drug-likeness (QED) is 0.164. The SMILES string of the molecule is C=C(C)C(=O)Oc1ccc(-c2c(OC)cc(-c3ccc(OC)cc3)cc2OC/C=C/C)cc1. The molecule has 0 radical (unpaired) electrons. The molecule has 0 aliphatic rings. The van der Waals surface area contributed by atoms with Gasteiger partial charge in [0.15, 0.2) is 0 Å². The molecule has 0 spiro atoms. The lowest BCUT2D eigenvalue weighted by molar-refractivity contribution is -0.130. The molecule has 0 aromatic heterocycles. The van der Waals surface area contributed by atoms with Gasteiger partial charge < -0.3 is 18.9 Å².